The van der Waals surface area contributed by atoms with E-state index in [4.69, 9.17) is 4.74 Å². The van der Waals surface area contributed by atoms with Crippen LogP contribution < -0.4 is 9.64 Å². The van der Waals surface area contributed by atoms with Crippen LogP contribution in [0.1, 0.15) is 6.42 Å². The van der Waals surface area contributed by atoms with Crippen molar-refractivity contribution in [3.8, 4) is 5.75 Å². The highest BCUT2D eigenvalue weighted by molar-refractivity contribution is 5.66. The van der Waals surface area contributed by atoms with Crippen molar-refractivity contribution in [2.75, 3.05) is 24.6 Å². The van der Waals surface area contributed by atoms with E-state index in [-0.39, 0.29) is 0 Å². The third-order valence-corrected chi connectivity index (χ3v) is 2.89. The highest BCUT2D eigenvalue weighted by Crippen LogP contribution is 2.31. The molecular formula is C13H14N2O. The predicted octanol–water partition coefficient (Wildman–Crippen LogP) is 2.24. The zero-order valence-corrected chi connectivity index (χ0v) is 9.10. The number of fused-ring (bicyclic) bond motifs is 1. The van der Waals surface area contributed by atoms with Gasteiger partial charge < -0.3 is 9.64 Å². The van der Waals surface area contributed by atoms with E-state index < -0.39 is 0 Å². The van der Waals surface area contributed by atoms with E-state index in [2.05, 4.69) is 22.0 Å². The highest BCUT2D eigenvalue weighted by Gasteiger charge is 2.18. The molecule has 0 saturated carbocycles. The lowest BCUT2D eigenvalue weighted by atomic mass is 10.2. The summed E-state index contributed by atoms with van der Waals surface area (Å²) < 4.78 is 5.62. The molecule has 0 aromatic heterocycles. The Bertz CT molecular complexity index is 451. The smallest absolute Gasteiger partial charge is 0.142 e. The lowest BCUT2D eigenvalue weighted by molar-refractivity contribution is 0.309. The molecule has 0 fully saturated rings. The molecule has 82 valence electrons. The number of benzene rings is 1. The summed E-state index contributed by atoms with van der Waals surface area (Å²) in [5.41, 5.74) is 2.34. The van der Waals surface area contributed by atoms with Gasteiger partial charge in [-0.3, -0.25) is 4.99 Å². The molecule has 0 aliphatic carbocycles. The minimum Gasteiger partial charge on any atom is -0.490 e. The van der Waals surface area contributed by atoms with Crippen LogP contribution in [-0.2, 0) is 0 Å². The van der Waals surface area contributed by atoms with Crippen molar-refractivity contribution in [2.45, 2.75) is 6.42 Å². The first-order chi connectivity index (χ1) is 7.93. The van der Waals surface area contributed by atoms with Crippen LogP contribution in [0.5, 0.6) is 5.75 Å². The third-order valence-electron chi connectivity index (χ3n) is 2.89. The summed E-state index contributed by atoms with van der Waals surface area (Å²) in [6, 6.07) is 8.18. The monoisotopic (exact) mass is 214 g/mol. The van der Waals surface area contributed by atoms with E-state index in [0.717, 1.165) is 37.6 Å². The van der Waals surface area contributed by atoms with Gasteiger partial charge in [0, 0.05) is 12.6 Å². The van der Waals surface area contributed by atoms with Crippen molar-refractivity contribution in [3.63, 3.8) is 0 Å². The van der Waals surface area contributed by atoms with E-state index in [9.17, 15) is 0 Å². The summed E-state index contributed by atoms with van der Waals surface area (Å²) in [5.74, 6) is 0.983. The zero-order chi connectivity index (χ0) is 10.8. The fourth-order valence-electron chi connectivity index (χ4n) is 2.10. The molecule has 1 aromatic carbocycles. The molecule has 0 radical (unpaired) electrons. The molecule has 0 atom stereocenters. The molecule has 3 nitrogen and oxygen atoms in total. The van der Waals surface area contributed by atoms with Crippen molar-refractivity contribution in [3.05, 3.63) is 36.0 Å². The van der Waals surface area contributed by atoms with Crippen LogP contribution in [0, 0.1) is 0 Å². The molecule has 3 rings (SSSR count). The molecule has 2 aliphatic heterocycles. The number of hydrogen-bond donors (Lipinski definition) is 0. The van der Waals surface area contributed by atoms with Gasteiger partial charge in [-0.1, -0.05) is 18.2 Å². The lowest BCUT2D eigenvalue weighted by Crippen LogP contribution is -2.33. The van der Waals surface area contributed by atoms with E-state index >= 15 is 0 Å². The first-order valence-corrected chi connectivity index (χ1v) is 5.62. The Kier molecular flexibility index (Phi) is 2.37. The van der Waals surface area contributed by atoms with Gasteiger partial charge in [0.15, 0.2) is 0 Å². The van der Waals surface area contributed by atoms with Gasteiger partial charge in [-0.05, 0) is 12.1 Å². The van der Waals surface area contributed by atoms with Gasteiger partial charge in [-0.15, -0.1) is 0 Å². The Balaban J connectivity index is 1.84. The average Bonchev–Trinajstić information content (AvgIpc) is 2.82. The van der Waals surface area contributed by atoms with Crippen LogP contribution >= 0.6 is 0 Å². The molecule has 1 aromatic rings. The summed E-state index contributed by atoms with van der Waals surface area (Å²) in [6.07, 6.45) is 5.11. The Morgan fingerprint density at radius 1 is 1.31 bits per heavy atom. The summed E-state index contributed by atoms with van der Waals surface area (Å²) in [7, 11) is 0. The number of aliphatic imine (C=N–C) groups is 1. The summed E-state index contributed by atoms with van der Waals surface area (Å²) in [5, 5.41) is 0. The fourth-order valence-corrected chi connectivity index (χ4v) is 2.10. The molecule has 0 amide bonds. The maximum Gasteiger partial charge on any atom is 0.142 e. The molecule has 3 heteroatoms. The molecule has 0 spiro atoms. The van der Waals surface area contributed by atoms with E-state index in [1.54, 1.807) is 0 Å². The topological polar surface area (TPSA) is 24.8 Å². The predicted molar refractivity (Wildman–Crippen MR) is 65.3 cm³/mol. The van der Waals surface area contributed by atoms with Crippen LogP contribution in [0.25, 0.3) is 0 Å². The molecule has 0 saturated heterocycles. The van der Waals surface area contributed by atoms with E-state index in [1.165, 1.54) is 5.69 Å². The van der Waals surface area contributed by atoms with Crippen LogP contribution in [0.2, 0.25) is 0 Å². The van der Waals surface area contributed by atoms with Crippen LogP contribution in [-0.4, -0.2) is 25.9 Å². The van der Waals surface area contributed by atoms with Gasteiger partial charge in [0.2, 0.25) is 0 Å². The van der Waals surface area contributed by atoms with Crippen LogP contribution in [0.15, 0.2) is 41.0 Å². The molecule has 2 aliphatic rings. The number of rotatable bonds is 2. The fraction of sp³-hybridized carbons (Fsp3) is 0.308. The van der Waals surface area contributed by atoms with Crippen LogP contribution in [0.3, 0.4) is 0 Å². The normalized spacial score (nSPS) is 18.0. The second-order valence-electron chi connectivity index (χ2n) is 3.98. The maximum absolute atomic E-state index is 5.62. The number of anilines is 1. The van der Waals surface area contributed by atoms with Gasteiger partial charge in [0.05, 0.1) is 24.5 Å². The zero-order valence-electron chi connectivity index (χ0n) is 9.10. The molecule has 16 heavy (non-hydrogen) atoms. The van der Waals surface area contributed by atoms with Crippen molar-refractivity contribution in [1.29, 1.82) is 0 Å². The average molecular weight is 214 g/mol. The number of hydrogen-bond acceptors (Lipinski definition) is 3. The second-order valence-corrected chi connectivity index (χ2v) is 3.98. The Hall–Kier alpha value is -1.77. The molecule has 0 N–H and O–H groups in total. The van der Waals surface area contributed by atoms with Crippen molar-refractivity contribution in [2.24, 2.45) is 4.99 Å². The Labute approximate surface area is 95.1 Å². The third kappa shape index (κ3) is 1.69. The molecule has 0 unspecified atom stereocenters. The maximum atomic E-state index is 5.62. The minimum absolute atomic E-state index is 0.758. The number of nitrogens with zero attached hydrogens (tertiary/aromatic N) is 2. The summed E-state index contributed by atoms with van der Waals surface area (Å²) >= 11 is 0. The summed E-state index contributed by atoms with van der Waals surface area (Å²) in [4.78, 5) is 6.68. The van der Waals surface area contributed by atoms with E-state index in [0.29, 0.717) is 0 Å². The lowest BCUT2D eigenvalue weighted by Gasteiger charge is -2.30. The first-order valence-electron chi connectivity index (χ1n) is 5.62. The SMILES string of the molecule is C1=NC(CN2CCOc3ccccc32)=CC1. The molecular weight excluding hydrogens is 200 g/mol. The first kappa shape index (κ1) is 9.46. The van der Waals surface area contributed by atoms with Crippen LogP contribution in [0.4, 0.5) is 5.69 Å². The molecule has 2 heterocycles. The van der Waals surface area contributed by atoms with Crippen molar-refractivity contribution >= 4 is 11.9 Å². The molecule has 0 bridgehead atoms. The van der Waals surface area contributed by atoms with E-state index in [1.807, 2.05) is 24.4 Å². The Morgan fingerprint density at radius 3 is 3.12 bits per heavy atom. The van der Waals surface area contributed by atoms with Gasteiger partial charge in [0.1, 0.15) is 12.4 Å². The minimum atomic E-state index is 0.758. The second kappa shape index (κ2) is 4.00. The number of ether oxygens (including phenoxy) is 1. The highest BCUT2D eigenvalue weighted by atomic mass is 16.5. The quantitative estimate of drug-likeness (QED) is 0.754. The number of para-hydroxylation sites is 2. The van der Waals surface area contributed by atoms with Gasteiger partial charge in [-0.2, -0.15) is 0 Å². The van der Waals surface area contributed by atoms with Gasteiger partial charge >= 0.3 is 0 Å². The summed E-state index contributed by atoms with van der Waals surface area (Å²) in [6.45, 7) is 2.58. The Morgan fingerprint density at radius 2 is 2.25 bits per heavy atom. The largest absolute Gasteiger partial charge is 0.490 e. The standard InChI is InChI=1S/C13H14N2O/c1-2-6-13-12(5-1)15(8-9-16-13)10-11-4-3-7-14-11/h1-2,4-7H,3,8-10H2. The van der Waals surface area contributed by atoms with Gasteiger partial charge in [-0.25, -0.2) is 0 Å². The number of allylic oxidation sites excluding steroid dienone is 1. The van der Waals surface area contributed by atoms with Crippen molar-refractivity contribution in [1.82, 2.24) is 0 Å². The van der Waals surface area contributed by atoms with Gasteiger partial charge in [0.25, 0.3) is 0 Å². The van der Waals surface area contributed by atoms with Crippen molar-refractivity contribution < 1.29 is 4.74 Å².